The number of nitrogen functional groups attached to an aromatic ring is 1. The Balaban J connectivity index is 1.91. The van der Waals surface area contributed by atoms with Crippen LogP contribution < -0.4 is 11.4 Å². The van der Waals surface area contributed by atoms with Gasteiger partial charge < -0.3 is 15.2 Å². The van der Waals surface area contributed by atoms with Crippen LogP contribution in [0.2, 0.25) is 0 Å². The predicted octanol–water partition coefficient (Wildman–Crippen LogP) is 0.719. The number of hydrogen-bond donors (Lipinski definition) is 1. The molecule has 1 aliphatic rings. The molecule has 0 aliphatic carbocycles. The standard InChI is InChI=1S/C15H18FN3O5/c1-8(23-9(2)20)12(21)5-3-10-4-6-13(24-10)19-7-11(16)14(17)18-15(19)22/h4,6-8,10,13H,3,5H2,1-2H3,(H2,17,18,22). The second kappa shape index (κ2) is 7.35. The summed E-state index contributed by atoms with van der Waals surface area (Å²) in [5.41, 5.74) is 4.50. The maximum Gasteiger partial charge on any atom is 0.352 e. The minimum Gasteiger partial charge on any atom is -0.455 e. The summed E-state index contributed by atoms with van der Waals surface area (Å²) >= 11 is 0. The van der Waals surface area contributed by atoms with Gasteiger partial charge in [0.25, 0.3) is 0 Å². The van der Waals surface area contributed by atoms with Gasteiger partial charge in [-0.3, -0.25) is 14.2 Å². The number of rotatable bonds is 6. The highest BCUT2D eigenvalue weighted by Crippen LogP contribution is 2.23. The number of Topliss-reactive ketones (excluding diaryl/α,β-unsaturated/α-hetero) is 1. The normalized spacial score (nSPS) is 20.8. The van der Waals surface area contributed by atoms with Crippen LogP contribution in [0, 0.1) is 5.82 Å². The summed E-state index contributed by atoms with van der Waals surface area (Å²) in [5.74, 6) is -2.05. The number of esters is 1. The van der Waals surface area contributed by atoms with Crippen molar-refractivity contribution in [1.29, 1.82) is 0 Å². The van der Waals surface area contributed by atoms with E-state index in [9.17, 15) is 18.8 Å². The molecule has 0 spiro atoms. The summed E-state index contributed by atoms with van der Waals surface area (Å²) in [4.78, 5) is 37.7. The number of carbonyl (C=O) groups is 2. The van der Waals surface area contributed by atoms with Crippen LogP contribution in [-0.4, -0.2) is 33.5 Å². The number of carbonyl (C=O) groups excluding carboxylic acids is 2. The molecule has 1 aliphatic heterocycles. The Hall–Kier alpha value is -2.55. The molecule has 130 valence electrons. The average Bonchev–Trinajstić information content (AvgIpc) is 2.96. The number of halogens is 1. The maximum atomic E-state index is 13.4. The summed E-state index contributed by atoms with van der Waals surface area (Å²) in [5, 5.41) is 0. The van der Waals surface area contributed by atoms with Gasteiger partial charge in [-0.15, -0.1) is 0 Å². The van der Waals surface area contributed by atoms with E-state index in [-0.39, 0.29) is 12.2 Å². The summed E-state index contributed by atoms with van der Waals surface area (Å²) in [6, 6.07) is 0. The summed E-state index contributed by atoms with van der Waals surface area (Å²) < 4.78 is 24.8. The third kappa shape index (κ3) is 4.25. The number of aromatic nitrogens is 2. The largest absolute Gasteiger partial charge is 0.455 e. The quantitative estimate of drug-likeness (QED) is 0.600. The smallest absolute Gasteiger partial charge is 0.352 e. The van der Waals surface area contributed by atoms with Gasteiger partial charge in [0.05, 0.1) is 12.3 Å². The Kier molecular flexibility index (Phi) is 5.45. The van der Waals surface area contributed by atoms with Crippen molar-refractivity contribution in [2.45, 2.75) is 45.1 Å². The topological polar surface area (TPSA) is 114 Å². The van der Waals surface area contributed by atoms with Crippen LogP contribution in [0.3, 0.4) is 0 Å². The van der Waals surface area contributed by atoms with Gasteiger partial charge in [0, 0.05) is 13.3 Å². The van der Waals surface area contributed by atoms with Gasteiger partial charge in [-0.1, -0.05) is 6.08 Å². The molecular formula is C15H18FN3O5. The van der Waals surface area contributed by atoms with Crippen LogP contribution in [0.15, 0.2) is 23.1 Å². The van der Waals surface area contributed by atoms with Crippen LogP contribution in [0.1, 0.15) is 32.9 Å². The molecular weight excluding hydrogens is 321 g/mol. The lowest BCUT2D eigenvalue weighted by atomic mass is 10.1. The first kappa shape index (κ1) is 17.8. The van der Waals surface area contributed by atoms with Crippen LogP contribution in [0.4, 0.5) is 10.2 Å². The number of ketones is 1. The number of anilines is 1. The van der Waals surface area contributed by atoms with E-state index in [1.807, 2.05) is 0 Å². The van der Waals surface area contributed by atoms with Crippen molar-refractivity contribution in [2.24, 2.45) is 0 Å². The van der Waals surface area contributed by atoms with Crippen molar-refractivity contribution in [3.8, 4) is 0 Å². The van der Waals surface area contributed by atoms with E-state index in [1.54, 1.807) is 12.2 Å². The Morgan fingerprint density at radius 1 is 1.50 bits per heavy atom. The first-order valence-corrected chi connectivity index (χ1v) is 7.35. The molecule has 0 saturated carbocycles. The minimum absolute atomic E-state index is 0.138. The second-order valence-electron chi connectivity index (χ2n) is 5.37. The van der Waals surface area contributed by atoms with E-state index in [0.717, 1.165) is 10.8 Å². The van der Waals surface area contributed by atoms with Crippen molar-refractivity contribution in [3.63, 3.8) is 0 Å². The zero-order chi connectivity index (χ0) is 17.9. The third-order valence-electron chi connectivity index (χ3n) is 3.48. The fourth-order valence-corrected chi connectivity index (χ4v) is 2.25. The molecule has 0 radical (unpaired) electrons. The van der Waals surface area contributed by atoms with Gasteiger partial charge >= 0.3 is 11.7 Å². The van der Waals surface area contributed by atoms with E-state index < -0.39 is 41.7 Å². The van der Waals surface area contributed by atoms with Crippen molar-refractivity contribution < 1.29 is 23.5 Å². The Morgan fingerprint density at radius 3 is 2.88 bits per heavy atom. The maximum absolute atomic E-state index is 13.4. The number of hydrogen-bond acceptors (Lipinski definition) is 7. The van der Waals surface area contributed by atoms with E-state index >= 15 is 0 Å². The number of nitrogens with two attached hydrogens (primary N) is 1. The molecule has 24 heavy (non-hydrogen) atoms. The first-order valence-electron chi connectivity index (χ1n) is 7.35. The number of nitrogens with zero attached hydrogens (tertiary/aromatic N) is 2. The van der Waals surface area contributed by atoms with Gasteiger partial charge in [0.1, 0.15) is 0 Å². The van der Waals surface area contributed by atoms with Gasteiger partial charge in [0.2, 0.25) is 0 Å². The molecule has 0 amide bonds. The molecule has 2 heterocycles. The summed E-state index contributed by atoms with van der Waals surface area (Å²) in [6.45, 7) is 2.73. The molecule has 3 atom stereocenters. The fourth-order valence-electron chi connectivity index (χ4n) is 2.25. The lowest BCUT2D eigenvalue weighted by molar-refractivity contribution is -0.152. The highest BCUT2D eigenvalue weighted by atomic mass is 19.1. The minimum atomic E-state index is -0.819. The molecule has 0 bridgehead atoms. The molecule has 0 aromatic carbocycles. The van der Waals surface area contributed by atoms with Crippen LogP contribution >= 0.6 is 0 Å². The number of ether oxygens (including phenoxy) is 2. The van der Waals surface area contributed by atoms with Gasteiger partial charge in [-0.25, -0.2) is 9.18 Å². The zero-order valence-electron chi connectivity index (χ0n) is 13.3. The zero-order valence-corrected chi connectivity index (χ0v) is 13.3. The third-order valence-corrected chi connectivity index (χ3v) is 3.48. The van der Waals surface area contributed by atoms with Gasteiger partial charge in [0.15, 0.2) is 29.8 Å². The summed E-state index contributed by atoms with van der Waals surface area (Å²) in [6.07, 6.45) is 2.61. The van der Waals surface area contributed by atoms with E-state index in [0.29, 0.717) is 6.42 Å². The molecule has 9 heteroatoms. The van der Waals surface area contributed by atoms with Crippen LogP contribution in [0.5, 0.6) is 0 Å². The Labute approximate surface area is 137 Å². The van der Waals surface area contributed by atoms with Gasteiger partial charge in [-0.2, -0.15) is 4.98 Å². The Morgan fingerprint density at radius 2 is 2.21 bits per heavy atom. The monoisotopic (exact) mass is 339 g/mol. The second-order valence-corrected chi connectivity index (χ2v) is 5.37. The molecule has 0 saturated heterocycles. The van der Waals surface area contributed by atoms with Crippen molar-refractivity contribution in [2.75, 3.05) is 5.73 Å². The highest BCUT2D eigenvalue weighted by Gasteiger charge is 2.24. The molecule has 1 aromatic rings. The van der Waals surface area contributed by atoms with E-state index in [4.69, 9.17) is 15.2 Å². The van der Waals surface area contributed by atoms with E-state index in [2.05, 4.69) is 4.98 Å². The lowest BCUT2D eigenvalue weighted by Crippen LogP contribution is -2.29. The highest BCUT2D eigenvalue weighted by molar-refractivity contribution is 5.84. The Bertz CT molecular complexity index is 730. The van der Waals surface area contributed by atoms with Gasteiger partial charge in [-0.05, 0) is 19.4 Å². The molecule has 3 unspecified atom stereocenters. The SMILES string of the molecule is CC(=O)OC(C)C(=O)CCC1C=CC(n2cc(F)c(N)nc2=O)O1. The first-order chi connectivity index (χ1) is 11.3. The fraction of sp³-hybridized carbons (Fsp3) is 0.467. The molecule has 2 N–H and O–H groups in total. The van der Waals surface area contributed by atoms with Crippen molar-refractivity contribution in [1.82, 2.24) is 9.55 Å². The van der Waals surface area contributed by atoms with Crippen molar-refractivity contribution in [3.05, 3.63) is 34.7 Å². The molecule has 1 aromatic heterocycles. The molecule has 8 nitrogen and oxygen atoms in total. The average molecular weight is 339 g/mol. The molecule has 2 rings (SSSR count). The van der Waals surface area contributed by atoms with Crippen molar-refractivity contribution >= 4 is 17.6 Å². The predicted molar refractivity (Wildman–Crippen MR) is 81.4 cm³/mol. The van der Waals surface area contributed by atoms with Crippen LogP contribution in [-0.2, 0) is 19.1 Å². The molecule has 0 fully saturated rings. The van der Waals surface area contributed by atoms with E-state index in [1.165, 1.54) is 13.8 Å². The summed E-state index contributed by atoms with van der Waals surface area (Å²) in [7, 11) is 0. The van der Waals surface area contributed by atoms with Crippen LogP contribution in [0.25, 0.3) is 0 Å². The lowest BCUT2D eigenvalue weighted by Gasteiger charge is -2.16.